The van der Waals surface area contributed by atoms with E-state index in [1.807, 2.05) is 24.0 Å². The number of H-pyrrole nitrogens is 1. The first-order chi connectivity index (χ1) is 10.6. The number of hydrogen-bond donors (Lipinski definition) is 1. The molecule has 1 aliphatic heterocycles. The maximum Gasteiger partial charge on any atom is 0.291 e. The second kappa shape index (κ2) is 4.73. The topological polar surface area (TPSA) is 62.1 Å². The molecule has 22 heavy (non-hydrogen) atoms. The van der Waals surface area contributed by atoms with Gasteiger partial charge in [-0.2, -0.15) is 0 Å². The third-order valence-corrected chi connectivity index (χ3v) is 4.27. The summed E-state index contributed by atoms with van der Waals surface area (Å²) in [6, 6.07) is 8.22. The van der Waals surface area contributed by atoms with Crippen LogP contribution >= 0.6 is 0 Å². The Bertz CT molecular complexity index is 875. The zero-order valence-corrected chi connectivity index (χ0v) is 12.6. The van der Waals surface area contributed by atoms with Crippen LogP contribution in [0.4, 0.5) is 0 Å². The lowest BCUT2D eigenvalue weighted by atomic mass is 10.0. The van der Waals surface area contributed by atoms with Crippen molar-refractivity contribution in [2.45, 2.75) is 26.8 Å². The molecule has 0 saturated carbocycles. The van der Waals surface area contributed by atoms with Gasteiger partial charge in [0.05, 0.1) is 5.69 Å². The molecule has 0 fully saturated rings. The Morgan fingerprint density at radius 2 is 2.14 bits per heavy atom. The summed E-state index contributed by atoms with van der Waals surface area (Å²) in [6.45, 7) is 4.87. The fourth-order valence-corrected chi connectivity index (χ4v) is 3.21. The first kappa shape index (κ1) is 13.1. The average Bonchev–Trinajstić information content (AvgIpc) is 3.05. The van der Waals surface area contributed by atoms with Crippen LogP contribution in [0, 0.1) is 13.8 Å². The van der Waals surface area contributed by atoms with Gasteiger partial charge < -0.3 is 14.3 Å². The molecule has 0 unspecified atom stereocenters. The van der Waals surface area contributed by atoms with Crippen LogP contribution in [0.2, 0.25) is 0 Å². The van der Waals surface area contributed by atoms with Crippen molar-refractivity contribution in [1.29, 1.82) is 0 Å². The number of carbonyl (C=O) groups excluding carboxylic acids is 1. The molecule has 5 heteroatoms. The van der Waals surface area contributed by atoms with Crippen LogP contribution in [0.15, 0.2) is 28.7 Å². The van der Waals surface area contributed by atoms with Gasteiger partial charge in [-0.25, -0.2) is 4.98 Å². The van der Waals surface area contributed by atoms with Gasteiger partial charge in [0.15, 0.2) is 5.89 Å². The van der Waals surface area contributed by atoms with E-state index in [2.05, 4.69) is 22.1 Å². The van der Waals surface area contributed by atoms with Crippen LogP contribution in [-0.2, 0) is 13.0 Å². The highest BCUT2D eigenvalue weighted by molar-refractivity contribution is 5.93. The minimum absolute atomic E-state index is 0.0750. The van der Waals surface area contributed by atoms with Crippen LogP contribution < -0.4 is 0 Å². The minimum Gasteiger partial charge on any atom is -0.436 e. The van der Waals surface area contributed by atoms with E-state index in [4.69, 9.17) is 4.42 Å². The summed E-state index contributed by atoms with van der Waals surface area (Å²) in [5.41, 5.74) is 4.24. The Kier molecular flexibility index (Phi) is 2.82. The molecule has 1 N–H and O–H groups in total. The molecule has 0 spiro atoms. The highest BCUT2D eigenvalue weighted by Crippen LogP contribution is 2.28. The molecule has 3 aromatic rings. The molecular formula is C17H17N3O2. The number of fused-ring (bicyclic) bond motifs is 3. The predicted octanol–water partition coefficient (Wildman–Crippen LogP) is 2.97. The minimum atomic E-state index is -0.0750. The highest BCUT2D eigenvalue weighted by Gasteiger charge is 2.27. The summed E-state index contributed by atoms with van der Waals surface area (Å²) in [5.74, 6) is 0.820. The first-order valence-corrected chi connectivity index (χ1v) is 7.45. The number of aryl methyl sites for hydroxylation is 2. The van der Waals surface area contributed by atoms with Gasteiger partial charge in [-0.15, -0.1) is 0 Å². The summed E-state index contributed by atoms with van der Waals surface area (Å²) in [6.07, 6.45) is 0.835. The number of para-hydroxylation sites is 1. The van der Waals surface area contributed by atoms with E-state index >= 15 is 0 Å². The van der Waals surface area contributed by atoms with Gasteiger partial charge in [0.25, 0.3) is 5.91 Å². The van der Waals surface area contributed by atoms with Crippen LogP contribution in [-0.4, -0.2) is 27.3 Å². The lowest BCUT2D eigenvalue weighted by Gasteiger charge is -2.26. The molecule has 2 aromatic heterocycles. The van der Waals surface area contributed by atoms with Gasteiger partial charge in [-0.3, -0.25) is 4.79 Å². The number of nitrogens with one attached hydrogen (secondary N) is 1. The summed E-state index contributed by atoms with van der Waals surface area (Å²) in [5, 5.41) is 1.19. The second-order valence-corrected chi connectivity index (χ2v) is 5.75. The van der Waals surface area contributed by atoms with E-state index in [0.29, 0.717) is 30.4 Å². The molecule has 112 valence electrons. The van der Waals surface area contributed by atoms with E-state index in [1.54, 1.807) is 6.92 Å². The monoisotopic (exact) mass is 295 g/mol. The molecule has 3 heterocycles. The molecule has 0 aliphatic carbocycles. The quantitative estimate of drug-likeness (QED) is 0.750. The molecule has 4 rings (SSSR count). The number of benzene rings is 1. The van der Waals surface area contributed by atoms with Gasteiger partial charge in [-0.1, -0.05) is 18.2 Å². The van der Waals surface area contributed by atoms with Crippen LogP contribution in [0.25, 0.3) is 10.9 Å². The number of aromatic amines is 1. The number of amides is 1. The second-order valence-electron chi connectivity index (χ2n) is 5.75. The van der Waals surface area contributed by atoms with E-state index in [9.17, 15) is 4.79 Å². The number of oxazole rings is 1. The Balaban J connectivity index is 1.69. The molecule has 0 radical (unpaired) electrons. The third-order valence-electron chi connectivity index (χ3n) is 4.27. The molecule has 0 atom stereocenters. The molecule has 0 bridgehead atoms. The maximum absolute atomic E-state index is 12.7. The Hall–Kier alpha value is -2.56. The number of nitrogens with zero attached hydrogens (tertiary/aromatic N) is 2. The van der Waals surface area contributed by atoms with Crippen molar-refractivity contribution in [2.24, 2.45) is 0 Å². The lowest BCUT2D eigenvalue weighted by Crippen LogP contribution is -2.35. The standard InChI is InChI=1S/C17H17N3O2/c1-10-16(22-11(2)18-10)17(21)20-8-7-15-13(9-20)12-5-3-4-6-14(12)19-15/h3-6,19H,7-9H2,1-2H3. The van der Waals surface area contributed by atoms with E-state index < -0.39 is 0 Å². The predicted molar refractivity (Wildman–Crippen MR) is 82.7 cm³/mol. The van der Waals surface area contributed by atoms with Crippen molar-refractivity contribution >= 4 is 16.8 Å². The van der Waals surface area contributed by atoms with Gasteiger partial charge in [0.2, 0.25) is 5.76 Å². The Labute approximate surface area is 127 Å². The molecular weight excluding hydrogens is 278 g/mol. The fourth-order valence-electron chi connectivity index (χ4n) is 3.21. The van der Waals surface area contributed by atoms with Crippen molar-refractivity contribution < 1.29 is 9.21 Å². The van der Waals surface area contributed by atoms with Crippen molar-refractivity contribution in [3.63, 3.8) is 0 Å². The van der Waals surface area contributed by atoms with Gasteiger partial charge in [0, 0.05) is 48.6 Å². The SMILES string of the molecule is Cc1nc(C)c(C(=O)N2CCc3[nH]c4ccccc4c3C2)o1. The average molecular weight is 295 g/mol. The number of aromatic nitrogens is 2. The molecule has 1 aromatic carbocycles. The third kappa shape index (κ3) is 1.93. The number of hydrogen-bond acceptors (Lipinski definition) is 3. The van der Waals surface area contributed by atoms with E-state index in [0.717, 1.165) is 11.9 Å². The number of carbonyl (C=O) groups is 1. The van der Waals surface area contributed by atoms with Crippen molar-refractivity contribution in [2.75, 3.05) is 6.54 Å². The number of rotatable bonds is 1. The lowest BCUT2D eigenvalue weighted by molar-refractivity contribution is 0.0700. The Morgan fingerprint density at radius 3 is 2.91 bits per heavy atom. The van der Waals surface area contributed by atoms with Gasteiger partial charge in [-0.05, 0) is 13.0 Å². The Morgan fingerprint density at radius 1 is 1.32 bits per heavy atom. The van der Waals surface area contributed by atoms with Crippen LogP contribution in [0.3, 0.4) is 0 Å². The molecule has 0 saturated heterocycles. The van der Waals surface area contributed by atoms with Crippen LogP contribution in [0.1, 0.15) is 33.4 Å². The first-order valence-electron chi connectivity index (χ1n) is 7.45. The van der Waals surface area contributed by atoms with Gasteiger partial charge >= 0.3 is 0 Å². The molecule has 1 amide bonds. The van der Waals surface area contributed by atoms with E-state index in [-0.39, 0.29) is 5.91 Å². The van der Waals surface area contributed by atoms with E-state index in [1.165, 1.54) is 16.6 Å². The van der Waals surface area contributed by atoms with Crippen LogP contribution in [0.5, 0.6) is 0 Å². The highest BCUT2D eigenvalue weighted by atomic mass is 16.4. The largest absolute Gasteiger partial charge is 0.436 e. The summed E-state index contributed by atoms with van der Waals surface area (Å²) in [7, 11) is 0. The summed E-state index contributed by atoms with van der Waals surface area (Å²) < 4.78 is 5.48. The molecule has 1 aliphatic rings. The van der Waals surface area contributed by atoms with Crippen molar-refractivity contribution in [3.8, 4) is 0 Å². The van der Waals surface area contributed by atoms with Crippen molar-refractivity contribution in [1.82, 2.24) is 14.9 Å². The summed E-state index contributed by atoms with van der Waals surface area (Å²) in [4.78, 5) is 22.2. The van der Waals surface area contributed by atoms with Gasteiger partial charge in [0.1, 0.15) is 0 Å². The zero-order valence-electron chi connectivity index (χ0n) is 12.6. The summed E-state index contributed by atoms with van der Waals surface area (Å²) >= 11 is 0. The maximum atomic E-state index is 12.7. The van der Waals surface area contributed by atoms with Crippen molar-refractivity contribution in [3.05, 3.63) is 52.9 Å². The normalized spacial score (nSPS) is 14.4. The smallest absolute Gasteiger partial charge is 0.291 e. The molecule has 5 nitrogen and oxygen atoms in total. The fraction of sp³-hybridized carbons (Fsp3) is 0.294. The zero-order chi connectivity index (χ0) is 15.3.